The molecule has 0 N–H and O–H groups in total. The summed E-state index contributed by atoms with van der Waals surface area (Å²) in [5.41, 5.74) is 2.44. The summed E-state index contributed by atoms with van der Waals surface area (Å²) < 4.78 is 2.41. The van der Waals surface area contributed by atoms with Crippen LogP contribution in [0.2, 0.25) is 0 Å². The maximum absolute atomic E-state index is 4.08. The molecular weight excluding hydrogens is 349 g/mol. The van der Waals surface area contributed by atoms with Crippen LogP contribution < -0.4 is 0 Å². The summed E-state index contributed by atoms with van der Waals surface area (Å²) in [7, 11) is 1.79. The van der Waals surface area contributed by atoms with Crippen LogP contribution in [0.5, 0.6) is 0 Å². The first kappa shape index (κ1) is 12.7. The van der Waals surface area contributed by atoms with Crippen molar-refractivity contribution in [1.29, 1.82) is 0 Å². The molecule has 1 aliphatic carbocycles. The Labute approximate surface area is 117 Å². The van der Waals surface area contributed by atoms with E-state index in [9.17, 15) is 0 Å². The fraction of sp³-hybridized carbons (Fsp3) is 0.333. The lowest BCUT2D eigenvalue weighted by molar-refractivity contribution is 0.365. The summed E-state index contributed by atoms with van der Waals surface area (Å²) >= 11 is 4.19. The maximum atomic E-state index is 4.08. The van der Waals surface area contributed by atoms with E-state index < -0.39 is 0 Å². The van der Waals surface area contributed by atoms with Crippen molar-refractivity contribution in [1.82, 2.24) is 4.31 Å². The summed E-state index contributed by atoms with van der Waals surface area (Å²) in [6.07, 6.45) is 2.21. The molecule has 16 heavy (non-hydrogen) atoms. The second-order valence-electron chi connectivity index (χ2n) is 3.89. The smallest absolute Gasteiger partial charge is 0.0496 e. The lowest BCUT2D eigenvalue weighted by Gasteiger charge is -2.39. The highest BCUT2D eigenvalue weighted by Crippen LogP contribution is 2.39. The molecule has 1 fully saturated rings. The topological polar surface area (TPSA) is 3.24 Å². The number of hydrogen-bond donors (Lipinski definition) is 0. The fourth-order valence-corrected chi connectivity index (χ4v) is 4.35. The van der Waals surface area contributed by atoms with Gasteiger partial charge in [0.15, 0.2) is 0 Å². The predicted octanol–water partition coefficient (Wildman–Crippen LogP) is 4.48. The molecule has 1 saturated carbocycles. The highest BCUT2D eigenvalue weighted by Gasteiger charge is 2.31. The highest BCUT2D eigenvalue weighted by molar-refractivity contribution is 14.2. The van der Waals surface area contributed by atoms with E-state index in [4.69, 9.17) is 0 Å². The Balaban J connectivity index is 1.87. The monoisotopic (exact) mass is 363 g/mol. The van der Waals surface area contributed by atoms with E-state index in [0.29, 0.717) is 6.04 Å². The van der Waals surface area contributed by atoms with Gasteiger partial charge in [0.1, 0.15) is 0 Å². The van der Waals surface area contributed by atoms with Gasteiger partial charge in [0.05, 0.1) is 0 Å². The van der Waals surface area contributed by atoms with Crippen LogP contribution in [0.3, 0.4) is 0 Å². The Morgan fingerprint density at radius 2 is 2.38 bits per heavy atom. The first-order valence-electron chi connectivity index (χ1n) is 5.17. The van der Waals surface area contributed by atoms with Crippen molar-refractivity contribution in [3.63, 3.8) is 0 Å². The molecular formula is C12H14INS2. The van der Waals surface area contributed by atoms with Crippen molar-refractivity contribution < 1.29 is 0 Å². The third kappa shape index (κ3) is 2.72. The lowest BCUT2D eigenvalue weighted by Crippen LogP contribution is -2.39. The van der Waals surface area contributed by atoms with Gasteiger partial charge in [-0.3, -0.25) is 0 Å². The SMILES string of the molecule is C=C1CC(N(CCc2cccs2)SI)C1=C. The molecule has 86 valence electrons. The van der Waals surface area contributed by atoms with Gasteiger partial charge in [-0.1, -0.05) is 19.2 Å². The minimum atomic E-state index is 0.509. The second-order valence-corrected chi connectivity index (χ2v) is 6.71. The zero-order valence-corrected chi connectivity index (χ0v) is 12.8. The molecule has 0 amide bonds. The number of halogens is 1. The molecule has 0 bridgehead atoms. The molecule has 1 aromatic rings. The second kappa shape index (κ2) is 5.71. The molecule has 0 aliphatic heterocycles. The van der Waals surface area contributed by atoms with Gasteiger partial charge in [-0.2, -0.15) is 0 Å². The number of thiophene rings is 1. The van der Waals surface area contributed by atoms with E-state index in [1.54, 1.807) is 9.12 Å². The van der Waals surface area contributed by atoms with Crippen LogP contribution in [-0.4, -0.2) is 16.9 Å². The molecule has 1 nitrogen and oxygen atoms in total. The quantitative estimate of drug-likeness (QED) is 0.561. The molecule has 0 spiro atoms. The van der Waals surface area contributed by atoms with Gasteiger partial charge in [0.25, 0.3) is 0 Å². The summed E-state index contributed by atoms with van der Waals surface area (Å²) in [5, 5.41) is 2.14. The molecule has 1 heterocycles. The number of hydrogen-bond acceptors (Lipinski definition) is 3. The molecule has 2 rings (SSSR count). The average molecular weight is 363 g/mol. The van der Waals surface area contributed by atoms with Crippen LogP contribution in [0, 0.1) is 0 Å². The van der Waals surface area contributed by atoms with Gasteiger partial charge >= 0.3 is 0 Å². The van der Waals surface area contributed by atoms with Crippen molar-refractivity contribution in [2.75, 3.05) is 6.54 Å². The van der Waals surface area contributed by atoms with Crippen LogP contribution in [0.4, 0.5) is 0 Å². The standard InChI is InChI=1S/C12H14INS2/c1-9-8-12(10(9)2)14(16-13)6-5-11-4-3-7-15-11/h3-4,7,12H,1-2,5-6,8H2. The fourth-order valence-electron chi connectivity index (χ4n) is 1.78. The first-order valence-corrected chi connectivity index (χ1v) is 9.36. The van der Waals surface area contributed by atoms with Gasteiger partial charge in [-0.05, 0) is 44.6 Å². The Morgan fingerprint density at radius 1 is 1.56 bits per heavy atom. The van der Waals surface area contributed by atoms with Gasteiger partial charge in [0, 0.05) is 38.7 Å². The predicted molar refractivity (Wildman–Crippen MR) is 83.0 cm³/mol. The average Bonchev–Trinajstić information content (AvgIpc) is 2.81. The van der Waals surface area contributed by atoms with Crippen molar-refractivity contribution in [3.05, 3.63) is 46.7 Å². The molecule has 1 atom stereocenters. The van der Waals surface area contributed by atoms with E-state index in [1.165, 1.54) is 16.0 Å². The normalized spacial score (nSPS) is 20.2. The van der Waals surface area contributed by atoms with Crippen LogP contribution in [0.25, 0.3) is 0 Å². The summed E-state index contributed by atoms with van der Waals surface area (Å²) in [6, 6.07) is 4.83. The first-order chi connectivity index (χ1) is 7.72. The molecule has 1 unspecified atom stereocenters. The van der Waals surface area contributed by atoms with Crippen molar-refractivity contribution in [2.45, 2.75) is 18.9 Å². The summed E-state index contributed by atoms with van der Waals surface area (Å²) in [6.45, 7) is 9.15. The van der Waals surface area contributed by atoms with E-state index >= 15 is 0 Å². The Bertz CT molecular complexity index is 386. The van der Waals surface area contributed by atoms with Crippen molar-refractivity contribution in [2.24, 2.45) is 0 Å². The van der Waals surface area contributed by atoms with E-state index in [1.807, 2.05) is 11.3 Å². The molecule has 0 aromatic carbocycles. The molecule has 0 radical (unpaired) electrons. The number of nitrogens with zero attached hydrogens (tertiary/aromatic N) is 1. The highest BCUT2D eigenvalue weighted by atomic mass is 127. The molecule has 1 aliphatic rings. The summed E-state index contributed by atoms with van der Waals surface area (Å²) in [5.74, 6) is 0. The maximum Gasteiger partial charge on any atom is 0.0496 e. The van der Waals surface area contributed by atoms with Crippen LogP contribution in [0.15, 0.2) is 41.8 Å². The van der Waals surface area contributed by atoms with Gasteiger partial charge in [-0.15, -0.1) is 11.3 Å². The van der Waals surface area contributed by atoms with Crippen LogP contribution in [-0.2, 0) is 6.42 Å². The third-order valence-electron chi connectivity index (χ3n) is 2.89. The number of rotatable bonds is 5. The Kier molecular flexibility index (Phi) is 4.52. The van der Waals surface area contributed by atoms with Gasteiger partial charge < -0.3 is 0 Å². The van der Waals surface area contributed by atoms with Crippen molar-refractivity contribution >= 4 is 41.7 Å². The zero-order chi connectivity index (χ0) is 11.5. The van der Waals surface area contributed by atoms with E-state index in [0.717, 1.165) is 19.4 Å². The largest absolute Gasteiger partial charge is 0.233 e. The lowest BCUT2D eigenvalue weighted by atomic mass is 9.82. The third-order valence-corrected chi connectivity index (χ3v) is 5.96. The van der Waals surface area contributed by atoms with Gasteiger partial charge in [0.2, 0.25) is 0 Å². The summed E-state index contributed by atoms with van der Waals surface area (Å²) in [4.78, 5) is 1.46. The van der Waals surface area contributed by atoms with Gasteiger partial charge in [-0.25, -0.2) is 4.31 Å². The van der Waals surface area contributed by atoms with E-state index in [-0.39, 0.29) is 0 Å². The Hall–Kier alpha value is 0.220. The van der Waals surface area contributed by atoms with Crippen molar-refractivity contribution in [3.8, 4) is 0 Å². The molecule has 0 saturated heterocycles. The van der Waals surface area contributed by atoms with Crippen LogP contribution in [0.1, 0.15) is 11.3 Å². The molecule has 4 heteroatoms. The minimum Gasteiger partial charge on any atom is -0.233 e. The Morgan fingerprint density at radius 3 is 2.88 bits per heavy atom. The van der Waals surface area contributed by atoms with Crippen LogP contribution >= 0.6 is 41.7 Å². The minimum absolute atomic E-state index is 0.509. The zero-order valence-electron chi connectivity index (χ0n) is 8.99. The molecule has 1 aromatic heterocycles. The van der Waals surface area contributed by atoms with E-state index in [2.05, 4.69) is 56.2 Å².